The number of nitrogens with one attached hydrogen (secondary N) is 1. The number of rotatable bonds is 8. The van der Waals surface area contributed by atoms with Gasteiger partial charge in [-0.05, 0) is 53.1 Å². The zero-order chi connectivity index (χ0) is 15.9. The molecule has 1 saturated carbocycles. The molecule has 5 heteroatoms. The number of carbonyl (C=O) groups excluding carboxylic acids is 1. The van der Waals surface area contributed by atoms with Crippen molar-refractivity contribution in [3.8, 4) is 0 Å². The summed E-state index contributed by atoms with van der Waals surface area (Å²) in [5.74, 6) is -0.124. The van der Waals surface area contributed by atoms with E-state index in [1.807, 2.05) is 20.8 Å². The molecule has 0 saturated heterocycles. The van der Waals surface area contributed by atoms with Crippen molar-refractivity contribution < 1.29 is 14.3 Å². The third-order valence-electron chi connectivity index (χ3n) is 4.33. The van der Waals surface area contributed by atoms with E-state index in [4.69, 9.17) is 9.47 Å². The van der Waals surface area contributed by atoms with E-state index in [-0.39, 0.29) is 12.1 Å². The number of ether oxygens (including phenoxy) is 2. The summed E-state index contributed by atoms with van der Waals surface area (Å²) < 4.78 is 10.7. The Hall–Kier alpha value is -0.650. The van der Waals surface area contributed by atoms with E-state index in [0.29, 0.717) is 6.04 Å². The zero-order valence-corrected chi connectivity index (χ0v) is 14.3. The second-order valence-corrected chi connectivity index (χ2v) is 6.25. The molecule has 0 heterocycles. The van der Waals surface area contributed by atoms with Gasteiger partial charge in [-0.25, -0.2) is 0 Å². The van der Waals surface area contributed by atoms with Crippen LogP contribution in [0.1, 0.15) is 46.5 Å². The normalized spacial score (nSPS) is 26.3. The SMILES string of the molecule is CCNC1(C(=O)OC)CCCC(N(C)CCOC(C)C)C1. The molecule has 0 bridgehead atoms. The van der Waals surface area contributed by atoms with Crippen molar-refractivity contribution >= 4 is 5.97 Å². The third kappa shape index (κ3) is 5.24. The molecule has 1 rings (SSSR count). The van der Waals surface area contributed by atoms with Gasteiger partial charge in [-0.2, -0.15) is 0 Å². The molecule has 1 N–H and O–H groups in total. The first-order chi connectivity index (χ1) is 9.95. The zero-order valence-electron chi connectivity index (χ0n) is 14.3. The van der Waals surface area contributed by atoms with Gasteiger partial charge in [0.2, 0.25) is 0 Å². The van der Waals surface area contributed by atoms with Crippen LogP contribution in [0.2, 0.25) is 0 Å². The van der Waals surface area contributed by atoms with Crippen molar-refractivity contribution in [2.45, 2.75) is 64.1 Å². The molecule has 5 nitrogen and oxygen atoms in total. The molecule has 1 aliphatic carbocycles. The Kier molecular flexibility index (Phi) is 7.63. The standard InChI is InChI=1S/C16H32N2O3/c1-6-17-16(15(19)20-5)9-7-8-14(12-16)18(4)10-11-21-13(2)3/h13-14,17H,6-12H2,1-5H3. The highest BCUT2D eigenvalue weighted by atomic mass is 16.5. The molecule has 2 unspecified atom stereocenters. The maximum absolute atomic E-state index is 12.2. The van der Waals surface area contributed by atoms with Crippen molar-refractivity contribution in [3.05, 3.63) is 0 Å². The summed E-state index contributed by atoms with van der Waals surface area (Å²) >= 11 is 0. The largest absolute Gasteiger partial charge is 0.468 e. The van der Waals surface area contributed by atoms with Crippen molar-refractivity contribution in [2.75, 3.05) is 33.9 Å². The van der Waals surface area contributed by atoms with Gasteiger partial charge in [-0.15, -0.1) is 0 Å². The Morgan fingerprint density at radius 2 is 2.19 bits per heavy atom. The Labute approximate surface area is 129 Å². The highest BCUT2D eigenvalue weighted by molar-refractivity contribution is 5.81. The minimum atomic E-state index is -0.514. The van der Waals surface area contributed by atoms with Crippen LogP contribution in [-0.2, 0) is 14.3 Å². The average molecular weight is 300 g/mol. The number of hydrogen-bond acceptors (Lipinski definition) is 5. The average Bonchev–Trinajstić information content (AvgIpc) is 2.46. The van der Waals surface area contributed by atoms with Gasteiger partial charge in [0.25, 0.3) is 0 Å². The van der Waals surface area contributed by atoms with E-state index < -0.39 is 5.54 Å². The van der Waals surface area contributed by atoms with Gasteiger partial charge < -0.3 is 19.7 Å². The molecule has 124 valence electrons. The summed E-state index contributed by atoms with van der Waals surface area (Å²) in [4.78, 5) is 14.5. The molecule has 0 spiro atoms. The maximum Gasteiger partial charge on any atom is 0.326 e. The first kappa shape index (κ1) is 18.4. The lowest BCUT2D eigenvalue weighted by Gasteiger charge is -2.42. The van der Waals surface area contributed by atoms with E-state index in [9.17, 15) is 4.79 Å². The van der Waals surface area contributed by atoms with Crippen molar-refractivity contribution in [3.63, 3.8) is 0 Å². The number of esters is 1. The fourth-order valence-electron chi connectivity index (χ4n) is 3.19. The lowest BCUT2D eigenvalue weighted by atomic mass is 9.78. The molecule has 0 aliphatic heterocycles. The third-order valence-corrected chi connectivity index (χ3v) is 4.33. The van der Waals surface area contributed by atoms with E-state index in [0.717, 1.165) is 45.4 Å². The number of hydrogen-bond donors (Lipinski definition) is 1. The monoisotopic (exact) mass is 300 g/mol. The van der Waals surface area contributed by atoms with Crippen molar-refractivity contribution in [2.24, 2.45) is 0 Å². The quantitative estimate of drug-likeness (QED) is 0.693. The summed E-state index contributed by atoms with van der Waals surface area (Å²) in [5, 5.41) is 3.38. The minimum Gasteiger partial charge on any atom is -0.468 e. The second kappa shape index (κ2) is 8.71. The molecular weight excluding hydrogens is 268 g/mol. The van der Waals surface area contributed by atoms with Crippen LogP contribution in [-0.4, -0.2) is 62.4 Å². The first-order valence-corrected chi connectivity index (χ1v) is 8.10. The van der Waals surface area contributed by atoms with E-state index >= 15 is 0 Å². The number of likely N-dealkylation sites (N-methyl/N-ethyl adjacent to an activating group) is 2. The maximum atomic E-state index is 12.2. The van der Waals surface area contributed by atoms with E-state index in [1.54, 1.807) is 0 Å². The predicted molar refractivity (Wildman–Crippen MR) is 84.4 cm³/mol. The minimum absolute atomic E-state index is 0.124. The topological polar surface area (TPSA) is 50.8 Å². The lowest BCUT2D eigenvalue weighted by Crippen LogP contribution is -2.58. The predicted octanol–water partition coefficient (Wildman–Crippen LogP) is 1.81. The Morgan fingerprint density at radius 1 is 1.48 bits per heavy atom. The highest BCUT2D eigenvalue weighted by Gasteiger charge is 2.43. The molecule has 21 heavy (non-hydrogen) atoms. The fraction of sp³-hybridized carbons (Fsp3) is 0.938. The van der Waals surface area contributed by atoms with Gasteiger partial charge in [0, 0.05) is 12.6 Å². The number of methoxy groups -OCH3 is 1. The molecule has 1 fully saturated rings. The number of carbonyl (C=O) groups is 1. The molecule has 0 aromatic heterocycles. The number of nitrogens with zero attached hydrogens (tertiary/aromatic N) is 1. The summed E-state index contributed by atoms with van der Waals surface area (Å²) in [6.45, 7) is 8.54. The molecule has 0 amide bonds. The molecule has 1 aliphatic rings. The van der Waals surface area contributed by atoms with Gasteiger partial charge in [0.1, 0.15) is 5.54 Å². The summed E-state index contributed by atoms with van der Waals surface area (Å²) in [6, 6.07) is 0.396. The van der Waals surface area contributed by atoms with Gasteiger partial charge in [-0.1, -0.05) is 6.92 Å². The van der Waals surface area contributed by atoms with Crippen molar-refractivity contribution in [1.82, 2.24) is 10.2 Å². The van der Waals surface area contributed by atoms with Crippen LogP contribution >= 0.6 is 0 Å². The molecule has 0 aromatic rings. The van der Waals surface area contributed by atoms with Crippen LogP contribution in [0, 0.1) is 0 Å². The van der Waals surface area contributed by atoms with E-state index in [1.165, 1.54) is 7.11 Å². The Morgan fingerprint density at radius 3 is 2.76 bits per heavy atom. The second-order valence-electron chi connectivity index (χ2n) is 6.25. The van der Waals surface area contributed by atoms with Gasteiger partial charge in [0.05, 0.1) is 19.8 Å². The molecule has 0 radical (unpaired) electrons. The highest BCUT2D eigenvalue weighted by Crippen LogP contribution is 2.32. The summed E-state index contributed by atoms with van der Waals surface area (Å²) in [6.07, 6.45) is 4.11. The van der Waals surface area contributed by atoms with Crippen molar-refractivity contribution in [1.29, 1.82) is 0 Å². The lowest BCUT2D eigenvalue weighted by molar-refractivity contribution is -0.151. The van der Waals surface area contributed by atoms with Crippen LogP contribution in [0.4, 0.5) is 0 Å². The van der Waals surface area contributed by atoms with Crippen LogP contribution in [0.5, 0.6) is 0 Å². The first-order valence-electron chi connectivity index (χ1n) is 8.10. The van der Waals surface area contributed by atoms with Crippen LogP contribution in [0.15, 0.2) is 0 Å². The molecule has 0 aromatic carbocycles. The van der Waals surface area contributed by atoms with Gasteiger partial charge in [-0.3, -0.25) is 4.79 Å². The summed E-state index contributed by atoms with van der Waals surface area (Å²) in [5.41, 5.74) is -0.514. The van der Waals surface area contributed by atoms with Crippen LogP contribution < -0.4 is 5.32 Å². The molecule has 2 atom stereocenters. The van der Waals surface area contributed by atoms with Crippen LogP contribution in [0.25, 0.3) is 0 Å². The smallest absolute Gasteiger partial charge is 0.326 e. The Bertz CT molecular complexity index is 319. The fourth-order valence-corrected chi connectivity index (χ4v) is 3.19. The molecular formula is C16H32N2O3. The Balaban J connectivity index is 2.61. The van der Waals surface area contributed by atoms with Crippen LogP contribution in [0.3, 0.4) is 0 Å². The van der Waals surface area contributed by atoms with Gasteiger partial charge >= 0.3 is 5.97 Å². The van der Waals surface area contributed by atoms with E-state index in [2.05, 4.69) is 17.3 Å². The summed E-state index contributed by atoms with van der Waals surface area (Å²) in [7, 11) is 3.60. The van der Waals surface area contributed by atoms with Gasteiger partial charge in [0.15, 0.2) is 0 Å².